The lowest BCUT2D eigenvalue weighted by Gasteiger charge is -2.45. The highest BCUT2D eigenvalue weighted by atomic mass is 28.3. The van der Waals surface area contributed by atoms with Crippen LogP contribution < -0.4 is 5.19 Å². The van der Waals surface area contributed by atoms with Crippen molar-refractivity contribution >= 4 is 56.3 Å². The molecule has 0 saturated heterocycles. The standard InChI is InChI=1S/C46H38Si/c1-46(2,3)47(41-25-11-6-12-26-41)44(39-29-27-33-17-13-15-23-37(33)31-39)42(35-19-7-4-8-20-35)43(36-21-9-5-10-22-36)45(47)40-30-28-34-18-14-16-24-38(34)32-40/h4-32H,1-3H3. The van der Waals surface area contributed by atoms with Crippen molar-refractivity contribution < 1.29 is 0 Å². The zero-order chi connectivity index (χ0) is 32.0. The third-order valence-corrected chi connectivity index (χ3v) is 16.1. The smallest absolute Gasteiger partial charge is 0.0624 e. The maximum absolute atomic E-state index is 2.86. The van der Waals surface area contributed by atoms with Gasteiger partial charge in [-0.3, -0.25) is 0 Å². The normalized spacial score (nSPS) is 14.7. The number of rotatable bonds is 5. The van der Waals surface area contributed by atoms with Crippen molar-refractivity contribution in [1.29, 1.82) is 0 Å². The summed E-state index contributed by atoms with van der Waals surface area (Å²) < 4.78 is 0. The molecule has 1 aliphatic rings. The van der Waals surface area contributed by atoms with Crippen molar-refractivity contribution in [3.8, 4) is 0 Å². The summed E-state index contributed by atoms with van der Waals surface area (Å²) in [6, 6.07) is 65.7. The van der Waals surface area contributed by atoms with E-state index in [2.05, 4.69) is 197 Å². The number of fused-ring (bicyclic) bond motifs is 2. The van der Waals surface area contributed by atoms with Crippen LogP contribution in [0.25, 0.3) is 43.1 Å². The lowest BCUT2D eigenvalue weighted by atomic mass is 9.89. The van der Waals surface area contributed by atoms with Crippen molar-refractivity contribution in [2.24, 2.45) is 0 Å². The maximum Gasteiger partial charge on any atom is 0.156 e. The maximum atomic E-state index is 2.49. The number of hydrogen-bond acceptors (Lipinski definition) is 0. The molecule has 0 spiro atoms. The van der Waals surface area contributed by atoms with Gasteiger partial charge in [-0.1, -0.05) is 185 Å². The summed E-state index contributed by atoms with van der Waals surface area (Å²) in [7, 11) is -2.86. The van der Waals surface area contributed by atoms with Gasteiger partial charge in [0.2, 0.25) is 0 Å². The van der Waals surface area contributed by atoms with E-state index in [9.17, 15) is 0 Å². The SMILES string of the molecule is CC(C)(C)[Si]1(c2ccccc2)C(c2ccc3ccccc3c2)=C(c2ccccc2)C(c2ccccc2)=C1c1ccc2ccccc2c1. The second-order valence-electron chi connectivity index (χ2n) is 13.7. The molecule has 0 nitrogen and oxygen atoms in total. The average molecular weight is 619 g/mol. The molecule has 7 aromatic rings. The highest BCUT2D eigenvalue weighted by Gasteiger charge is 2.58. The predicted octanol–water partition coefficient (Wildman–Crippen LogP) is 11.8. The third-order valence-electron chi connectivity index (χ3n) is 10.0. The minimum atomic E-state index is -2.86. The van der Waals surface area contributed by atoms with Crippen molar-refractivity contribution in [1.82, 2.24) is 0 Å². The van der Waals surface area contributed by atoms with E-state index in [1.54, 1.807) is 0 Å². The fraction of sp³-hybridized carbons (Fsp3) is 0.0870. The molecular formula is C46H38Si. The minimum Gasteiger partial charge on any atom is -0.0624 e. The summed E-state index contributed by atoms with van der Waals surface area (Å²) in [5.41, 5.74) is 7.89. The van der Waals surface area contributed by atoms with Gasteiger partial charge in [0.05, 0.1) is 0 Å². The van der Waals surface area contributed by atoms with E-state index < -0.39 is 8.07 Å². The quantitative estimate of drug-likeness (QED) is 0.168. The molecule has 8 rings (SSSR count). The molecule has 0 aromatic heterocycles. The molecule has 0 radical (unpaired) electrons. The van der Waals surface area contributed by atoms with Crippen molar-refractivity contribution in [2.75, 3.05) is 0 Å². The molecule has 0 saturated carbocycles. The minimum absolute atomic E-state index is 0.0904. The first-order valence-electron chi connectivity index (χ1n) is 16.6. The van der Waals surface area contributed by atoms with Crippen LogP contribution >= 0.6 is 0 Å². The van der Waals surface area contributed by atoms with Crippen LogP contribution in [0.5, 0.6) is 0 Å². The first kappa shape index (κ1) is 29.2. The van der Waals surface area contributed by atoms with Gasteiger partial charge in [0.15, 0.2) is 8.07 Å². The summed E-state index contributed by atoms with van der Waals surface area (Å²) in [5, 5.41) is 9.43. The van der Waals surface area contributed by atoms with Crippen LogP contribution in [-0.2, 0) is 0 Å². The highest BCUT2D eigenvalue weighted by molar-refractivity contribution is 7.23. The van der Waals surface area contributed by atoms with Crippen LogP contribution in [0.1, 0.15) is 43.0 Å². The lowest BCUT2D eigenvalue weighted by molar-refractivity contribution is 0.741. The Labute approximate surface area is 279 Å². The zero-order valence-electron chi connectivity index (χ0n) is 27.2. The van der Waals surface area contributed by atoms with Crippen molar-refractivity contribution in [3.63, 3.8) is 0 Å². The van der Waals surface area contributed by atoms with Crippen molar-refractivity contribution in [3.05, 3.63) is 198 Å². The molecule has 0 aliphatic carbocycles. The van der Waals surface area contributed by atoms with E-state index in [0.717, 1.165) is 0 Å². The molecule has 226 valence electrons. The second kappa shape index (κ2) is 11.5. The number of allylic oxidation sites excluding steroid dienone is 2. The fourth-order valence-electron chi connectivity index (χ4n) is 8.11. The Morgan fingerprint density at radius 3 is 1.11 bits per heavy atom. The van der Waals surface area contributed by atoms with Crippen LogP contribution in [0.2, 0.25) is 5.04 Å². The van der Waals surface area contributed by atoms with E-state index in [-0.39, 0.29) is 5.04 Å². The molecule has 1 heterocycles. The van der Waals surface area contributed by atoms with Gasteiger partial charge in [-0.05, 0) is 87.7 Å². The van der Waals surface area contributed by atoms with E-state index in [1.807, 2.05) is 0 Å². The lowest BCUT2D eigenvalue weighted by Crippen LogP contribution is -2.56. The summed E-state index contributed by atoms with van der Waals surface area (Å²) in [6.07, 6.45) is 0. The topological polar surface area (TPSA) is 0 Å². The van der Waals surface area contributed by atoms with Crippen molar-refractivity contribution in [2.45, 2.75) is 25.8 Å². The van der Waals surface area contributed by atoms with E-state index in [1.165, 1.54) is 70.5 Å². The van der Waals surface area contributed by atoms with Gasteiger partial charge < -0.3 is 0 Å². The highest BCUT2D eigenvalue weighted by Crippen LogP contribution is 2.62. The van der Waals surface area contributed by atoms with Gasteiger partial charge in [-0.15, -0.1) is 0 Å². The summed E-state index contributed by atoms with van der Waals surface area (Å²) >= 11 is 0. The molecule has 0 unspecified atom stereocenters. The second-order valence-corrected chi connectivity index (χ2v) is 18.3. The average Bonchev–Trinajstić information content (AvgIpc) is 3.46. The van der Waals surface area contributed by atoms with Gasteiger partial charge in [0.1, 0.15) is 0 Å². The monoisotopic (exact) mass is 618 g/mol. The Kier molecular flexibility index (Phi) is 7.16. The molecule has 47 heavy (non-hydrogen) atoms. The summed E-state index contributed by atoms with van der Waals surface area (Å²) in [4.78, 5) is 0. The van der Waals surface area contributed by atoms with Gasteiger partial charge in [0.25, 0.3) is 0 Å². The first-order chi connectivity index (χ1) is 23.0. The molecule has 7 aromatic carbocycles. The van der Waals surface area contributed by atoms with Gasteiger partial charge in [0, 0.05) is 0 Å². The van der Waals surface area contributed by atoms with Crippen LogP contribution in [-0.4, -0.2) is 8.07 Å². The molecule has 0 amide bonds. The largest absolute Gasteiger partial charge is 0.156 e. The summed E-state index contributed by atoms with van der Waals surface area (Å²) in [6.45, 7) is 7.47. The third kappa shape index (κ3) is 4.73. The van der Waals surface area contributed by atoms with E-state index >= 15 is 0 Å². The Hall–Kier alpha value is -5.24. The van der Waals surface area contributed by atoms with Gasteiger partial charge >= 0.3 is 0 Å². The Morgan fingerprint density at radius 1 is 0.340 bits per heavy atom. The Morgan fingerprint density at radius 2 is 0.702 bits per heavy atom. The fourth-order valence-corrected chi connectivity index (χ4v) is 14.5. The molecule has 0 N–H and O–H groups in total. The van der Waals surface area contributed by atoms with E-state index in [0.29, 0.717) is 0 Å². The molecule has 0 bridgehead atoms. The van der Waals surface area contributed by atoms with Crippen LogP contribution in [0.15, 0.2) is 176 Å². The van der Waals surface area contributed by atoms with E-state index in [4.69, 9.17) is 0 Å². The van der Waals surface area contributed by atoms with Crippen LogP contribution in [0.4, 0.5) is 0 Å². The zero-order valence-corrected chi connectivity index (χ0v) is 28.2. The predicted molar refractivity (Wildman–Crippen MR) is 206 cm³/mol. The molecular weight excluding hydrogens is 581 g/mol. The van der Waals surface area contributed by atoms with Gasteiger partial charge in [-0.25, -0.2) is 0 Å². The molecule has 1 aliphatic heterocycles. The van der Waals surface area contributed by atoms with Crippen LogP contribution in [0, 0.1) is 0 Å². The number of hydrogen-bond donors (Lipinski definition) is 0. The number of benzene rings is 7. The van der Waals surface area contributed by atoms with Crippen LogP contribution in [0.3, 0.4) is 0 Å². The summed E-state index contributed by atoms with van der Waals surface area (Å²) in [5.74, 6) is 0. The Balaban J connectivity index is 1.62. The molecule has 1 heteroatoms. The Bertz CT molecular complexity index is 2160. The van der Waals surface area contributed by atoms with Gasteiger partial charge in [-0.2, -0.15) is 0 Å². The molecule has 0 atom stereocenters. The first-order valence-corrected chi connectivity index (χ1v) is 18.6. The molecule has 0 fully saturated rings.